The third-order valence-electron chi connectivity index (χ3n) is 8.31. The molecule has 0 N–H and O–H groups in total. The molecule has 4 aromatic rings. The molecule has 3 aromatic carbocycles. The molecule has 0 fully saturated rings. The van der Waals surface area contributed by atoms with Crippen LogP contribution in [0.5, 0.6) is 0 Å². The van der Waals surface area contributed by atoms with Crippen LogP contribution in [0.4, 0.5) is 0 Å². The lowest BCUT2D eigenvalue weighted by Gasteiger charge is -2.30. The van der Waals surface area contributed by atoms with E-state index in [2.05, 4.69) is 79.0 Å². The Bertz CT molecular complexity index is 1580. The fourth-order valence-electron chi connectivity index (χ4n) is 6.67. The van der Waals surface area contributed by atoms with Gasteiger partial charge in [0.25, 0.3) is 11.2 Å². The first-order valence-electron chi connectivity index (χ1n) is 13.1. The van der Waals surface area contributed by atoms with E-state index < -0.39 is 0 Å². The number of benzene rings is 3. The maximum Gasteiger partial charge on any atom is 0.278 e. The molecule has 1 aliphatic heterocycles. The van der Waals surface area contributed by atoms with Crippen LogP contribution in [-0.2, 0) is 12.8 Å². The molecule has 1 aromatic heterocycles. The molecule has 0 saturated carbocycles. The first-order valence-corrected chi connectivity index (χ1v) is 13.1. The predicted molar refractivity (Wildman–Crippen MR) is 145 cm³/mol. The van der Waals surface area contributed by atoms with Crippen LogP contribution in [0.3, 0.4) is 0 Å². The number of hydrogen-bond donors (Lipinski definition) is 0. The summed E-state index contributed by atoms with van der Waals surface area (Å²) in [7, 11) is 0. The van der Waals surface area contributed by atoms with Gasteiger partial charge in [0.2, 0.25) is 0 Å². The average Bonchev–Trinajstić information content (AvgIpc) is 3.28. The molecule has 0 spiro atoms. The molecule has 0 atom stereocenters. The average molecular weight is 458 g/mol. The second-order valence-electron chi connectivity index (χ2n) is 10.4. The molecular formula is C33H31NO. The van der Waals surface area contributed by atoms with Crippen molar-refractivity contribution in [1.29, 1.82) is 0 Å². The van der Waals surface area contributed by atoms with E-state index in [1.807, 2.05) is 0 Å². The number of nitrogens with zero attached hydrogens (tertiary/aromatic N) is 1. The highest BCUT2D eigenvalue weighted by atomic mass is 16.3. The normalized spacial score (nSPS) is 17.9. The topological polar surface area (TPSA) is 14.3 Å². The van der Waals surface area contributed by atoms with Gasteiger partial charge in [0.05, 0.1) is 12.3 Å². The van der Waals surface area contributed by atoms with Crippen molar-refractivity contribution in [3.8, 4) is 11.1 Å². The molecule has 174 valence electrons. The first kappa shape index (κ1) is 20.8. The van der Waals surface area contributed by atoms with E-state index >= 15 is 0 Å². The molecule has 3 aliphatic rings. The number of para-hydroxylation sites is 1. The quantitative estimate of drug-likeness (QED) is 0.167. The van der Waals surface area contributed by atoms with Crippen molar-refractivity contribution in [3.63, 3.8) is 0 Å². The van der Waals surface area contributed by atoms with Crippen LogP contribution >= 0.6 is 0 Å². The Hall–Kier alpha value is -3.52. The maximum atomic E-state index is 6.73. The molecule has 2 heterocycles. The van der Waals surface area contributed by atoms with E-state index in [0.717, 1.165) is 30.4 Å². The third-order valence-corrected chi connectivity index (χ3v) is 8.31. The van der Waals surface area contributed by atoms with Crippen molar-refractivity contribution < 1.29 is 8.99 Å². The Kier molecular flexibility index (Phi) is 4.77. The van der Waals surface area contributed by atoms with E-state index in [1.165, 1.54) is 93.4 Å². The lowest BCUT2D eigenvalue weighted by Crippen LogP contribution is -2.23. The molecule has 2 heteroatoms. The molecule has 0 radical (unpaired) electrons. The molecule has 0 saturated heterocycles. The summed E-state index contributed by atoms with van der Waals surface area (Å²) in [5, 5.41) is 2.45. The van der Waals surface area contributed by atoms with Crippen LogP contribution < -0.4 is 0 Å². The summed E-state index contributed by atoms with van der Waals surface area (Å²) in [5.41, 5.74) is 13.1. The summed E-state index contributed by atoms with van der Waals surface area (Å²) in [6.07, 6.45) is 14.1. The van der Waals surface area contributed by atoms with Crippen LogP contribution in [0.2, 0.25) is 0 Å². The summed E-state index contributed by atoms with van der Waals surface area (Å²) in [6, 6.07) is 19.1. The van der Waals surface area contributed by atoms with E-state index in [4.69, 9.17) is 4.42 Å². The number of aryl methyl sites for hydroxylation is 2. The van der Waals surface area contributed by atoms with Gasteiger partial charge in [-0.2, -0.15) is 0 Å². The van der Waals surface area contributed by atoms with Gasteiger partial charge in [-0.1, -0.05) is 67.7 Å². The highest BCUT2D eigenvalue weighted by Gasteiger charge is 2.34. The van der Waals surface area contributed by atoms with Crippen LogP contribution in [0, 0.1) is 13.0 Å². The van der Waals surface area contributed by atoms with Crippen molar-refractivity contribution in [1.82, 2.24) is 0 Å². The Morgan fingerprint density at radius 2 is 1.77 bits per heavy atom. The molecule has 2 aliphatic carbocycles. The van der Waals surface area contributed by atoms with Crippen molar-refractivity contribution in [2.75, 3.05) is 0 Å². The van der Waals surface area contributed by atoms with E-state index in [1.54, 1.807) is 0 Å². The summed E-state index contributed by atoms with van der Waals surface area (Å²) >= 11 is 0. The SMILES string of the molecule is C=[N+]1C=CC2=C(CCCC2)[C-]1c1c(C)cc(-c2cccc3c2CCCC3)c2c1[o+][c-]1ccccc21. The highest BCUT2D eigenvalue weighted by Crippen LogP contribution is 2.47. The van der Waals surface area contributed by atoms with E-state index in [9.17, 15) is 0 Å². The van der Waals surface area contributed by atoms with Gasteiger partial charge >= 0.3 is 0 Å². The number of furan rings is 1. The predicted octanol–water partition coefficient (Wildman–Crippen LogP) is 8.43. The fourth-order valence-corrected chi connectivity index (χ4v) is 6.67. The van der Waals surface area contributed by atoms with Gasteiger partial charge in [-0.3, -0.25) is 8.99 Å². The Morgan fingerprint density at radius 3 is 2.71 bits per heavy atom. The lowest BCUT2D eigenvalue weighted by atomic mass is 9.79. The van der Waals surface area contributed by atoms with Crippen LogP contribution in [-0.4, -0.2) is 11.3 Å². The van der Waals surface area contributed by atoms with Gasteiger partial charge in [0.15, 0.2) is 6.04 Å². The summed E-state index contributed by atoms with van der Waals surface area (Å²) in [6.45, 7) is 6.67. The zero-order valence-electron chi connectivity index (χ0n) is 20.5. The molecule has 0 bridgehead atoms. The number of hydrogen-bond acceptors (Lipinski definition) is 0. The minimum Gasteiger partial charge on any atom is -0.286 e. The van der Waals surface area contributed by atoms with Crippen molar-refractivity contribution >= 4 is 28.7 Å². The molecule has 0 amide bonds. The van der Waals surface area contributed by atoms with Crippen molar-refractivity contribution in [2.24, 2.45) is 0 Å². The third kappa shape index (κ3) is 3.16. The zero-order valence-corrected chi connectivity index (χ0v) is 20.5. The minimum atomic E-state index is 0.959. The van der Waals surface area contributed by atoms with Crippen molar-refractivity contribution in [3.05, 3.63) is 100 Å². The van der Waals surface area contributed by atoms with Gasteiger partial charge < -0.3 is 0 Å². The summed E-state index contributed by atoms with van der Waals surface area (Å²) < 4.78 is 8.80. The zero-order chi connectivity index (χ0) is 23.5. The molecule has 7 rings (SSSR count). The fraction of sp³-hybridized carbons (Fsp3) is 0.273. The second kappa shape index (κ2) is 8.02. The van der Waals surface area contributed by atoms with Gasteiger partial charge in [-0.25, -0.2) is 0 Å². The molecular weight excluding hydrogens is 426 g/mol. The van der Waals surface area contributed by atoms with Crippen LogP contribution in [0.15, 0.2) is 76.4 Å². The first-order chi connectivity index (χ1) is 17.2. The Labute approximate surface area is 207 Å². The second-order valence-corrected chi connectivity index (χ2v) is 10.4. The number of allylic oxidation sites excluding steroid dienone is 2. The molecule has 2 nitrogen and oxygen atoms in total. The summed E-state index contributed by atoms with van der Waals surface area (Å²) in [5.74, 6) is 0. The highest BCUT2D eigenvalue weighted by molar-refractivity contribution is 6.14. The van der Waals surface area contributed by atoms with Crippen LogP contribution in [0.25, 0.3) is 33.1 Å². The monoisotopic (exact) mass is 457 g/mol. The van der Waals surface area contributed by atoms with Crippen molar-refractivity contribution in [2.45, 2.75) is 58.3 Å². The largest absolute Gasteiger partial charge is 0.286 e. The number of rotatable bonds is 2. The van der Waals surface area contributed by atoms with E-state index in [0.29, 0.717) is 0 Å². The summed E-state index contributed by atoms with van der Waals surface area (Å²) in [4.78, 5) is 0. The molecule has 35 heavy (non-hydrogen) atoms. The smallest absolute Gasteiger partial charge is 0.278 e. The Morgan fingerprint density at radius 1 is 0.914 bits per heavy atom. The van der Waals surface area contributed by atoms with Crippen LogP contribution in [0.1, 0.15) is 60.8 Å². The minimum absolute atomic E-state index is 0.959. The molecule has 0 unspecified atom stereocenters. The van der Waals surface area contributed by atoms with Gasteiger partial charge in [0.1, 0.15) is 6.20 Å². The number of fused-ring (bicyclic) bond motifs is 4. The van der Waals surface area contributed by atoms with E-state index in [-0.39, 0.29) is 0 Å². The Balaban J connectivity index is 1.56. The maximum absolute atomic E-state index is 6.73. The van der Waals surface area contributed by atoms with Gasteiger partial charge in [-0.15, -0.1) is 18.2 Å². The standard InChI is InChI=1S/C33H31NO/c1-21-20-28(26-16-9-12-22-10-3-5-13-24(22)26)31-27-15-7-8-17-29(27)35-33(31)30(21)32-25-14-6-4-11-23(25)18-19-34(32)2/h7-9,12,15-20H,2-6,10-11,13-14H2,1H3. The lowest BCUT2D eigenvalue weighted by molar-refractivity contribution is -0.420. The van der Waals surface area contributed by atoms with Gasteiger partial charge in [-0.05, 0) is 71.4 Å². The van der Waals surface area contributed by atoms with Gasteiger partial charge in [0, 0.05) is 5.39 Å².